The van der Waals surface area contributed by atoms with Crippen molar-refractivity contribution in [3.63, 3.8) is 0 Å². The van der Waals surface area contributed by atoms with Gasteiger partial charge in [0.05, 0.1) is 18.8 Å². The van der Waals surface area contributed by atoms with Gasteiger partial charge < -0.3 is 16.0 Å². The van der Waals surface area contributed by atoms with Gasteiger partial charge in [-0.1, -0.05) is 6.07 Å². The molecule has 7 nitrogen and oxygen atoms in total. The standard InChI is InChI=1S/C14H21N5O2/c15-9-13(20)17-10-14(21)19-7-5-18(6-8-19)11-12-3-1-2-4-16-12/h1-4H,5-11,15H2,(H,17,20). The molecule has 0 bridgehead atoms. The number of piperazine rings is 1. The summed E-state index contributed by atoms with van der Waals surface area (Å²) in [5, 5.41) is 2.50. The number of pyridine rings is 1. The summed E-state index contributed by atoms with van der Waals surface area (Å²) in [4.78, 5) is 31.3. The third kappa shape index (κ3) is 4.80. The van der Waals surface area contributed by atoms with Crippen LogP contribution >= 0.6 is 0 Å². The normalized spacial score (nSPS) is 15.8. The Hall–Kier alpha value is -1.99. The number of hydrogen-bond acceptors (Lipinski definition) is 5. The number of nitrogens with one attached hydrogen (secondary N) is 1. The van der Waals surface area contributed by atoms with E-state index < -0.39 is 0 Å². The minimum Gasteiger partial charge on any atom is -0.346 e. The number of aromatic nitrogens is 1. The van der Waals surface area contributed by atoms with Crippen molar-refractivity contribution in [1.82, 2.24) is 20.1 Å². The summed E-state index contributed by atoms with van der Waals surface area (Å²) in [5.41, 5.74) is 6.21. The predicted octanol–water partition coefficient (Wildman–Crippen LogP) is -1.20. The van der Waals surface area contributed by atoms with E-state index >= 15 is 0 Å². The van der Waals surface area contributed by atoms with Crippen LogP contribution < -0.4 is 11.1 Å². The second kappa shape index (κ2) is 7.70. The molecule has 0 unspecified atom stereocenters. The maximum absolute atomic E-state index is 11.9. The van der Waals surface area contributed by atoms with Gasteiger partial charge in [-0.3, -0.25) is 19.5 Å². The van der Waals surface area contributed by atoms with Crippen LogP contribution in [0.4, 0.5) is 0 Å². The lowest BCUT2D eigenvalue weighted by molar-refractivity contribution is -0.134. The lowest BCUT2D eigenvalue weighted by Crippen LogP contribution is -2.51. The van der Waals surface area contributed by atoms with Crippen molar-refractivity contribution in [3.05, 3.63) is 30.1 Å². The molecule has 114 valence electrons. The van der Waals surface area contributed by atoms with Gasteiger partial charge in [0.2, 0.25) is 11.8 Å². The average molecular weight is 291 g/mol. The number of nitrogens with two attached hydrogens (primary N) is 1. The lowest BCUT2D eigenvalue weighted by atomic mass is 10.2. The van der Waals surface area contributed by atoms with Gasteiger partial charge in [0.15, 0.2) is 0 Å². The molecule has 3 N–H and O–H groups in total. The zero-order valence-corrected chi connectivity index (χ0v) is 12.0. The molecular weight excluding hydrogens is 270 g/mol. The molecule has 7 heteroatoms. The molecule has 0 aromatic carbocycles. The molecule has 0 spiro atoms. The minimum absolute atomic E-state index is 0.0241. The average Bonchev–Trinajstić information content (AvgIpc) is 2.54. The molecule has 1 aliphatic heterocycles. The zero-order chi connectivity index (χ0) is 15.1. The van der Waals surface area contributed by atoms with Gasteiger partial charge >= 0.3 is 0 Å². The van der Waals surface area contributed by atoms with Gasteiger partial charge in [-0.05, 0) is 12.1 Å². The molecule has 0 atom stereocenters. The van der Waals surface area contributed by atoms with E-state index in [1.807, 2.05) is 18.2 Å². The summed E-state index contributed by atoms with van der Waals surface area (Å²) in [7, 11) is 0. The van der Waals surface area contributed by atoms with Gasteiger partial charge in [0.25, 0.3) is 0 Å². The fourth-order valence-electron chi connectivity index (χ4n) is 2.23. The number of carbonyl (C=O) groups excluding carboxylic acids is 2. The molecule has 2 heterocycles. The summed E-state index contributed by atoms with van der Waals surface area (Å²) in [6, 6.07) is 5.87. The molecule has 2 rings (SSSR count). The summed E-state index contributed by atoms with van der Waals surface area (Å²) >= 11 is 0. The van der Waals surface area contributed by atoms with Crippen molar-refractivity contribution >= 4 is 11.8 Å². The summed E-state index contributed by atoms with van der Waals surface area (Å²) in [6.07, 6.45) is 1.79. The molecule has 0 saturated carbocycles. The second-order valence-electron chi connectivity index (χ2n) is 4.96. The van der Waals surface area contributed by atoms with Gasteiger partial charge in [-0.2, -0.15) is 0 Å². The van der Waals surface area contributed by atoms with Crippen molar-refractivity contribution in [2.45, 2.75) is 6.54 Å². The van der Waals surface area contributed by atoms with Crippen molar-refractivity contribution in [2.75, 3.05) is 39.3 Å². The number of rotatable bonds is 5. The molecule has 0 radical (unpaired) electrons. The van der Waals surface area contributed by atoms with Crippen LogP contribution in [0.1, 0.15) is 5.69 Å². The van der Waals surface area contributed by atoms with E-state index in [1.165, 1.54) is 0 Å². The fourth-order valence-corrected chi connectivity index (χ4v) is 2.23. The van der Waals surface area contributed by atoms with Crippen molar-refractivity contribution < 1.29 is 9.59 Å². The third-order valence-electron chi connectivity index (χ3n) is 3.46. The summed E-state index contributed by atoms with van der Waals surface area (Å²) in [6.45, 7) is 3.70. The minimum atomic E-state index is -0.308. The van der Waals surface area contributed by atoms with Crippen LogP contribution in [0.3, 0.4) is 0 Å². The predicted molar refractivity (Wildman–Crippen MR) is 78.2 cm³/mol. The molecule has 2 amide bonds. The topological polar surface area (TPSA) is 91.6 Å². The largest absolute Gasteiger partial charge is 0.346 e. The van der Waals surface area contributed by atoms with Crippen LogP contribution in [0.5, 0.6) is 0 Å². The molecule has 1 aromatic rings. The number of carbonyl (C=O) groups is 2. The molecule has 0 aliphatic carbocycles. The highest BCUT2D eigenvalue weighted by Crippen LogP contribution is 2.06. The first-order chi connectivity index (χ1) is 10.2. The first-order valence-corrected chi connectivity index (χ1v) is 7.06. The van der Waals surface area contributed by atoms with Crippen LogP contribution in [0.15, 0.2) is 24.4 Å². The molecule has 1 aliphatic rings. The highest BCUT2D eigenvalue weighted by Gasteiger charge is 2.21. The molecule has 1 saturated heterocycles. The lowest BCUT2D eigenvalue weighted by Gasteiger charge is -2.34. The highest BCUT2D eigenvalue weighted by atomic mass is 16.2. The molecule has 21 heavy (non-hydrogen) atoms. The quantitative estimate of drug-likeness (QED) is 0.711. The van der Waals surface area contributed by atoms with E-state index in [0.717, 1.165) is 25.3 Å². The number of amides is 2. The third-order valence-corrected chi connectivity index (χ3v) is 3.46. The van der Waals surface area contributed by atoms with Gasteiger partial charge in [0, 0.05) is 38.9 Å². The van der Waals surface area contributed by atoms with Crippen LogP contribution in [0.25, 0.3) is 0 Å². The number of hydrogen-bond donors (Lipinski definition) is 2. The second-order valence-corrected chi connectivity index (χ2v) is 4.96. The van der Waals surface area contributed by atoms with E-state index in [9.17, 15) is 9.59 Å². The Balaban J connectivity index is 1.72. The van der Waals surface area contributed by atoms with Crippen LogP contribution in [-0.2, 0) is 16.1 Å². The van der Waals surface area contributed by atoms with Crippen molar-refractivity contribution in [1.29, 1.82) is 0 Å². The van der Waals surface area contributed by atoms with E-state index in [-0.39, 0.29) is 24.9 Å². The van der Waals surface area contributed by atoms with Crippen LogP contribution in [0.2, 0.25) is 0 Å². The molecular formula is C14H21N5O2. The molecule has 1 fully saturated rings. The zero-order valence-electron chi connectivity index (χ0n) is 12.0. The Morgan fingerprint density at radius 2 is 2.00 bits per heavy atom. The van der Waals surface area contributed by atoms with E-state index in [1.54, 1.807) is 11.1 Å². The van der Waals surface area contributed by atoms with Crippen LogP contribution in [0, 0.1) is 0 Å². The van der Waals surface area contributed by atoms with E-state index in [4.69, 9.17) is 5.73 Å². The Kier molecular flexibility index (Phi) is 5.65. The van der Waals surface area contributed by atoms with Crippen molar-refractivity contribution in [2.24, 2.45) is 5.73 Å². The maximum atomic E-state index is 11.9. The monoisotopic (exact) mass is 291 g/mol. The Morgan fingerprint density at radius 3 is 2.62 bits per heavy atom. The van der Waals surface area contributed by atoms with Gasteiger partial charge in [-0.25, -0.2) is 0 Å². The summed E-state index contributed by atoms with van der Waals surface area (Å²) in [5.74, 6) is -0.369. The fraction of sp³-hybridized carbons (Fsp3) is 0.500. The Bertz CT molecular complexity index is 472. The van der Waals surface area contributed by atoms with Gasteiger partial charge in [0.1, 0.15) is 0 Å². The Morgan fingerprint density at radius 1 is 1.24 bits per heavy atom. The van der Waals surface area contributed by atoms with Crippen LogP contribution in [-0.4, -0.2) is 65.9 Å². The molecule has 1 aromatic heterocycles. The van der Waals surface area contributed by atoms with Crippen molar-refractivity contribution in [3.8, 4) is 0 Å². The summed E-state index contributed by atoms with van der Waals surface area (Å²) < 4.78 is 0. The highest BCUT2D eigenvalue weighted by molar-refractivity contribution is 5.85. The van der Waals surface area contributed by atoms with E-state index in [2.05, 4.69) is 15.2 Å². The smallest absolute Gasteiger partial charge is 0.242 e. The van der Waals surface area contributed by atoms with E-state index in [0.29, 0.717) is 13.1 Å². The maximum Gasteiger partial charge on any atom is 0.242 e. The number of nitrogens with zero attached hydrogens (tertiary/aromatic N) is 3. The SMILES string of the molecule is NCC(=O)NCC(=O)N1CCN(Cc2ccccn2)CC1. The van der Waals surface area contributed by atoms with Gasteiger partial charge in [-0.15, -0.1) is 0 Å². The Labute approximate surface area is 124 Å². The first-order valence-electron chi connectivity index (χ1n) is 7.06. The first kappa shape index (κ1) is 15.4.